The lowest BCUT2D eigenvalue weighted by molar-refractivity contribution is -0.139. The van der Waals surface area contributed by atoms with Crippen LogP contribution in [0.15, 0.2) is 0 Å². The molecule has 0 unspecified atom stereocenters. The zero-order valence-corrected chi connectivity index (χ0v) is 3.86. The Labute approximate surface area is 57.5 Å². The first kappa shape index (κ1) is 1.48. The summed E-state index contributed by atoms with van der Waals surface area (Å²) in [5.74, 6) is -1.96. The first-order valence-electron chi connectivity index (χ1n) is 5.43. The number of hydrogen-bond donors (Lipinski definition) is 2. The van der Waals surface area contributed by atoms with Gasteiger partial charge in [-0.3, -0.25) is 4.79 Å². The van der Waals surface area contributed by atoms with Crippen LogP contribution in [0.5, 0.6) is 0 Å². The number of rotatable bonds is 1. The third-order valence-electron chi connectivity index (χ3n) is 0.651. The first-order chi connectivity index (χ1) is 6.40. The number of carboxylic acids is 1. The van der Waals surface area contributed by atoms with Gasteiger partial charge in [-0.1, -0.05) is 0 Å². The Morgan fingerprint density at radius 3 is 3.12 bits per heavy atom. The van der Waals surface area contributed by atoms with E-state index >= 15 is 0 Å². The molecule has 0 aromatic carbocycles. The molecule has 1 saturated heterocycles. The van der Waals surface area contributed by atoms with E-state index in [0.717, 1.165) is 0 Å². The van der Waals surface area contributed by atoms with E-state index in [4.69, 9.17) is 14.7 Å². The maximum atomic E-state index is 10.7. The van der Waals surface area contributed by atoms with E-state index in [1.165, 1.54) is 5.32 Å². The molecule has 1 atom stereocenters. The fourth-order valence-corrected chi connectivity index (χ4v) is 0.326. The molecule has 1 rings (SSSR count). The molecule has 46 valence electrons. The van der Waals surface area contributed by atoms with Crippen LogP contribution in [0.4, 0.5) is 0 Å². The van der Waals surface area contributed by atoms with Crippen LogP contribution in [-0.4, -0.2) is 23.6 Å². The van der Waals surface area contributed by atoms with Crippen molar-refractivity contribution in [3.8, 4) is 0 Å². The maximum Gasteiger partial charge on any atom is 0.320 e. The molecule has 1 aliphatic rings. The van der Waals surface area contributed by atoms with Crippen LogP contribution in [-0.2, 0) is 4.79 Å². The Morgan fingerprint density at radius 2 is 2.88 bits per heavy atom. The third kappa shape index (κ3) is 0.980. The van der Waals surface area contributed by atoms with Crippen molar-refractivity contribution in [2.24, 2.45) is 0 Å². The smallest absolute Gasteiger partial charge is 0.320 e. The minimum Gasteiger partial charge on any atom is -0.480 e. The molecule has 0 amide bonds. The Bertz CT molecular complexity index is 317. The minimum atomic E-state index is -3.19. The fourth-order valence-electron chi connectivity index (χ4n) is 0.326. The van der Waals surface area contributed by atoms with Gasteiger partial charge in [-0.2, -0.15) is 0 Å². The van der Waals surface area contributed by atoms with E-state index in [1.807, 2.05) is 0 Å². The molecule has 0 spiro atoms. The van der Waals surface area contributed by atoms with Crippen LogP contribution in [0.25, 0.3) is 0 Å². The van der Waals surface area contributed by atoms with Gasteiger partial charge in [0.15, 0.2) is 0 Å². The highest BCUT2D eigenvalue weighted by Gasteiger charge is 2.20. The monoisotopic (exact) mass is 122 g/mol. The van der Waals surface area contributed by atoms with E-state index in [1.54, 1.807) is 0 Å². The lowest BCUT2D eigenvalue weighted by atomic mass is 10.2. The molecule has 0 radical (unpaired) electrons. The molecule has 0 aliphatic carbocycles. The molecule has 0 aromatic rings. The van der Waals surface area contributed by atoms with Gasteiger partial charge in [0, 0.05) is 8.22 Å². The molecular formula is C5H9NO2. The fraction of sp³-hybridized carbons (Fsp3) is 0.800. The molecule has 2 N–H and O–H groups in total. The Balaban J connectivity index is 3.38. The Hall–Kier alpha value is -0.570. The average Bonchev–Trinajstić information content (AvgIpc) is 2.09. The van der Waals surface area contributed by atoms with Crippen molar-refractivity contribution < 1.29 is 19.5 Å². The lowest BCUT2D eigenvalue weighted by Crippen LogP contribution is -2.29. The zero-order valence-electron chi connectivity index (χ0n) is 10.9. The topological polar surface area (TPSA) is 49.3 Å². The van der Waals surface area contributed by atoms with Crippen molar-refractivity contribution in [2.75, 3.05) is 6.50 Å². The predicted molar refractivity (Wildman–Crippen MR) is 28.7 cm³/mol. The van der Waals surface area contributed by atoms with E-state index in [-0.39, 0.29) is 0 Å². The highest BCUT2D eigenvalue weighted by Crippen LogP contribution is 2.03. The van der Waals surface area contributed by atoms with Gasteiger partial charge >= 0.3 is 5.97 Å². The highest BCUT2D eigenvalue weighted by molar-refractivity contribution is 5.73. The summed E-state index contributed by atoms with van der Waals surface area (Å²) in [5, 5.41) is 10.2. The molecule has 0 aromatic heterocycles. The SMILES string of the molecule is [2H]C1([2H])N[C@]([2H])(C(=O)O)C([2H])([2H])C1([2H])[2H]. The molecule has 3 nitrogen and oxygen atoms in total. The lowest BCUT2D eigenvalue weighted by Gasteiger charge is -1.99. The van der Waals surface area contributed by atoms with E-state index in [2.05, 4.69) is 0 Å². The largest absolute Gasteiger partial charge is 0.480 e. The second-order valence-corrected chi connectivity index (χ2v) is 1.18. The van der Waals surface area contributed by atoms with Gasteiger partial charge in [0.1, 0.15) is 6.02 Å². The molecule has 1 heterocycles. The summed E-state index contributed by atoms with van der Waals surface area (Å²) in [7, 11) is 0. The third-order valence-corrected chi connectivity index (χ3v) is 0.651. The van der Waals surface area contributed by atoms with Crippen LogP contribution < -0.4 is 5.32 Å². The quantitative estimate of drug-likeness (QED) is 0.507. The second kappa shape index (κ2) is 2.13. The minimum absolute atomic E-state index is 1.54. The summed E-state index contributed by atoms with van der Waals surface area (Å²) in [6.07, 6.45) is -6.30. The van der Waals surface area contributed by atoms with Crippen LogP contribution in [0.1, 0.15) is 22.3 Å². The van der Waals surface area contributed by atoms with Gasteiger partial charge in [0.25, 0.3) is 0 Å². The Kier molecular flexibility index (Phi) is 0.393. The molecule has 1 aliphatic heterocycles. The van der Waals surface area contributed by atoms with Gasteiger partial charge in [0.05, 0.1) is 1.37 Å². The van der Waals surface area contributed by atoms with Crippen molar-refractivity contribution in [3.63, 3.8) is 0 Å². The van der Waals surface area contributed by atoms with Crippen LogP contribution >= 0.6 is 0 Å². The Morgan fingerprint density at radius 1 is 2.12 bits per heavy atom. The van der Waals surface area contributed by atoms with Gasteiger partial charge in [-0.25, -0.2) is 0 Å². The molecule has 3 heteroatoms. The summed E-state index contributed by atoms with van der Waals surface area (Å²) in [6.45, 7) is -2.92. The van der Waals surface area contributed by atoms with Gasteiger partial charge in [-0.15, -0.1) is 0 Å². The van der Waals surface area contributed by atoms with Crippen molar-refractivity contribution in [1.82, 2.24) is 5.32 Å². The summed E-state index contributed by atoms with van der Waals surface area (Å²) >= 11 is 0. The van der Waals surface area contributed by atoms with Crippen molar-refractivity contribution in [1.29, 1.82) is 0 Å². The van der Waals surface area contributed by atoms with Crippen LogP contribution in [0.3, 0.4) is 0 Å². The van der Waals surface area contributed by atoms with Crippen molar-refractivity contribution in [3.05, 3.63) is 0 Å². The summed E-state index contributed by atoms with van der Waals surface area (Å²) in [4.78, 5) is 10.7. The predicted octanol–water partition coefficient (Wildman–Crippen LogP) is -0.177. The molecular weight excluding hydrogens is 106 g/mol. The van der Waals surface area contributed by atoms with Crippen LogP contribution in [0.2, 0.25) is 0 Å². The normalized spacial score (nSPS) is 69.2. The number of carbonyl (C=O) groups is 1. The van der Waals surface area contributed by atoms with E-state index in [0.29, 0.717) is 0 Å². The summed E-state index contributed by atoms with van der Waals surface area (Å²) in [6, 6.07) is -3.04. The van der Waals surface area contributed by atoms with Gasteiger partial charge in [-0.05, 0) is 19.2 Å². The molecule has 0 saturated carbocycles. The van der Waals surface area contributed by atoms with Gasteiger partial charge in [0.2, 0.25) is 0 Å². The number of aliphatic carboxylic acids is 1. The van der Waals surface area contributed by atoms with E-state index < -0.39 is 31.2 Å². The number of carboxylic acid groups (broad SMARTS) is 1. The average molecular weight is 122 g/mol. The number of hydrogen-bond acceptors (Lipinski definition) is 2. The highest BCUT2D eigenvalue weighted by atomic mass is 16.4. The second-order valence-electron chi connectivity index (χ2n) is 1.18. The summed E-state index contributed by atoms with van der Waals surface area (Å²) in [5.41, 5.74) is 0. The van der Waals surface area contributed by atoms with Crippen molar-refractivity contribution in [2.45, 2.75) is 18.8 Å². The first-order valence-corrected chi connectivity index (χ1v) is 1.93. The summed E-state index contributed by atoms with van der Waals surface area (Å²) < 4.78 is 50.5. The van der Waals surface area contributed by atoms with Crippen LogP contribution in [0, 0.1) is 0 Å². The van der Waals surface area contributed by atoms with E-state index in [9.17, 15) is 4.79 Å². The number of nitrogens with one attached hydrogen (secondary N) is 1. The van der Waals surface area contributed by atoms with Gasteiger partial charge < -0.3 is 10.4 Å². The van der Waals surface area contributed by atoms with Crippen molar-refractivity contribution >= 4 is 5.97 Å². The standard InChI is InChI=1S/C5H9NO2/c7-5(8)4-2-1-3-6-4/h4,6H,1-3H2,(H,7,8)/t4-/m0/s1/i1D2,2D2,3D2,4D. The molecule has 1 fully saturated rings. The molecule has 0 bridgehead atoms. The maximum absolute atomic E-state index is 10.7. The molecule has 8 heavy (non-hydrogen) atoms. The zero-order chi connectivity index (χ0) is 12.3.